The van der Waals surface area contributed by atoms with Crippen molar-refractivity contribution < 1.29 is 4.79 Å². The minimum absolute atomic E-state index is 0.0113. The van der Waals surface area contributed by atoms with Crippen molar-refractivity contribution in [2.24, 2.45) is 5.92 Å². The van der Waals surface area contributed by atoms with Crippen LogP contribution < -0.4 is 5.32 Å². The van der Waals surface area contributed by atoms with Crippen LogP contribution in [0.5, 0.6) is 0 Å². The van der Waals surface area contributed by atoms with E-state index in [2.05, 4.69) is 12.2 Å². The minimum Gasteiger partial charge on any atom is -0.340 e. The molecule has 3 heteroatoms. The Kier molecular flexibility index (Phi) is 5.96. The van der Waals surface area contributed by atoms with E-state index in [0.717, 1.165) is 6.42 Å². The Morgan fingerprint density at radius 2 is 2.08 bits per heavy atom. The van der Waals surface area contributed by atoms with Gasteiger partial charge in [-0.1, -0.05) is 27.2 Å². The first-order valence-electron chi connectivity index (χ1n) is 4.82. The highest BCUT2D eigenvalue weighted by molar-refractivity contribution is 5.76. The molecular formula is C10H18N2O. The molecule has 0 aliphatic heterocycles. The molecule has 2 atom stereocenters. The summed E-state index contributed by atoms with van der Waals surface area (Å²) in [5.74, 6) is 0.388. The maximum atomic E-state index is 11.3. The van der Waals surface area contributed by atoms with Gasteiger partial charge in [-0.25, -0.2) is 0 Å². The molecule has 0 aromatic rings. The summed E-state index contributed by atoms with van der Waals surface area (Å²) < 4.78 is 0. The number of nitrogens with zero attached hydrogens (tertiary/aromatic N) is 1. The SMILES string of the molecule is CCC(C)CC(=O)NC(C#N)CC. The lowest BCUT2D eigenvalue weighted by atomic mass is 10.0. The monoisotopic (exact) mass is 182 g/mol. The average Bonchev–Trinajstić information content (AvgIpc) is 2.13. The van der Waals surface area contributed by atoms with Gasteiger partial charge in [-0.15, -0.1) is 0 Å². The lowest BCUT2D eigenvalue weighted by molar-refractivity contribution is -0.122. The fourth-order valence-corrected chi connectivity index (χ4v) is 0.940. The van der Waals surface area contributed by atoms with Crippen LogP contribution in [0.3, 0.4) is 0 Å². The molecule has 3 nitrogen and oxygen atoms in total. The molecule has 1 amide bonds. The van der Waals surface area contributed by atoms with Gasteiger partial charge in [-0.05, 0) is 12.3 Å². The molecular weight excluding hydrogens is 164 g/mol. The zero-order valence-corrected chi connectivity index (χ0v) is 8.63. The Bertz CT molecular complexity index is 196. The first kappa shape index (κ1) is 12.0. The number of nitriles is 1. The van der Waals surface area contributed by atoms with Gasteiger partial charge in [-0.3, -0.25) is 4.79 Å². The highest BCUT2D eigenvalue weighted by Gasteiger charge is 2.11. The average molecular weight is 182 g/mol. The third-order valence-corrected chi connectivity index (χ3v) is 2.13. The molecule has 0 heterocycles. The Morgan fingerprint density at radius 1 is 1.46 bits per heavy atom. The van der Waals surface area contributed by atoms with Crippen molar-refractivity contribution in [2.45, 2.75) is 46.1 Å². The Morgan fingerprint density at radius 3 is 2.46 bits per heavy atom. The molecule has 0 aliphatic rings. The molecule has 0 rings (SSSR count). The second kappa shape index (κ2) is 6.47. The lowest BCUT2D eigenvalue weighted by Gasteiger charge is -2.11. The summed E-state index contributed by atoms with van der Waals surface area (Å²) in [6.07, 6.45) is 2.19. The summed E-state index contributed by atoms with van der Waals surface area (Å²) in [5.41, 5.74) is 0. The number of carbonyl (C=O) groups is 1. The Hall–Kier alpha value is -1.04. The quantitative estimate of drug-likeness (QED) is 0.705. The maximum absolute atomic E-state index is 11.3. The Labute approximate surface area is 80.1 Å². The van der Waals surface area contributed by atoms with Gasteiger partial charge >= 0.3 is 0 Å². The Balaban J connectivity index is 3.80. The highest BCUT2D eigenvalue weighted by atomic mass is 16.1. The number of nitrogens with one attached hydrogen (secondary N) is 1. The van der Waals surface area contributed by atoms with Crippen molar-refractivity contribution in [1.29, 1.82) is 5.26 Å². The number of rotatable bonds is 5. The third kappa shape index (κ3) is 5.24. The predicted molar refractivity (Wildman–Crippen MR) is 51.9 cm³/mol. The summed E-state index contributed by atoms with van der Waals surface area (Å²) >= 11 is 0. The molecule has 1 N–H and O–H groups in total. The third-order valence-electron chi connectivity index (χ3n) is 2.13. The molecule has 0 aromatic heterocycles. The summed E-state index contributed by atoms with van der Waals surface area (Å²) in [7, 11) is 0. The highest BCUT2D eigenvalue weighted by Crippen LogP contribution is 2.05. The van der Waals surface area contributed by atoms with Gasteiger partial charge in [0.2, 0.25) is 5.91 Å². The van der Waals surface area contributed by atoms with E-state index in [1.54, 1.807) is 0 Å². The van der Waals surface area contributed by atoms with Crippen molar-refractivity contribution in [1.82, 2.24) is 5.32 Å². The van der Waals surface area contributed by atoms with Crippen LogP contribution in [0.1, 0.15) is 40.0 Å². The first-order chi connectivity index (χ1) is 6.13. The topological polar surface area (TPSA) is 52.9 Å². The predicted octanol–water partition coefficient (Wildman–Crippen LogP) is 1.84. The van der Waals surface area contributed by atoms with Crippen molar-refractivity contribution in [2.75, 3.05) is 0 Å². The molecule has 13 heavy (non-hydrogen) atoms. The molecule has 0 saturated heterocycles. The van der Waals surface area contributed by atoms with Crippen LogP contribution in [0.2, 0.25) is 0 Å². The van der Waals surface area contributed by atoms with Gasteiger partial charge in [0.15, 0.2) is 0 Å². The van der Waals surface area contributed by atoms with Gasteiger partial charge < -0.3 is 5.32 Å². The molecule has 74 valence electrons. The van der Waals surface area contributed by atoms with Gasteiger partial charge in [-0.2, -0.15) is 5.26 Å². The van der Waals surface area contributed by atoms with Gasteiger partial charge in [0.1, 0.15) is 6.04 Å². The molecule has 0 fully saturated rings. The summed E-state index contributed by atoms with van der Waals surface area (Å²) in [4.78, 5) is 11.3. The zero-order valence-electron chi connectivity index (χ0n) is 8.63. The van der Waals surface area contributed by atoms with E-state index in [4.69, 9.17) is 5.26 Å². The molecule has 0 saturated carbocycles. The van der Waals surface area contributed by atoms with Crippen LogP contribution in [0.4, 0.5) is 0 Å². The number of carbonyl (C=O) groups excluding carboxylic acids is 1. The summed E-state index contributed by atoms with van der Waals surface area (Å²) in [6, 6.07) is 1.72. The van der Waals surface area contributed by atoms with E-state index < -0.39 is 0 Å². The zero-order chi connectivity index (χ0) is 10.3. The van der Waals surface area contributed by atoms with Crippen LogP contribution >= 0.6 is 0 Å². The van der Waals surface area contributed by atoms with E-state index in [1.165, 1.54) is 0 Å². The van der Waals surface area contributed by atoms with Gasteiger partial charge in [0.25, 0.3) is 0 Å². The van der Waals surface area contributed by atoms with E-state index in [0.29, 0.717) is 18.8 Å². The normalized spacial score (nSPS) is 14.3. The fourth-order valence-electron chi connectivity index (χ4n) is 0.940. The van der Waals surface area contributed by atoms with Crippen LogP contribution in [-0.4, -0.2) is 11.9 Å². The van der Waals surface area contributed by atoms with Crippen molar-refractivity contribution in [3.8, 4) is 6.07 Å². The van der Waals surface area contributed by atoms with Gasteiger partial charge in [0.05, 0.1) is 6.07 Å². The molecule has 0 bridgehead atoms. The molecule has 0 spiro atoms. The lowest BCUT2D eigenvalue weighted by Crippen LogP contribution is -2.33. The first-order valence-corrected chi connectivity index (χ1v) is 4.82. The van der Waals surface area contributed by atoms with Crippen molar-refractivity contribution in [3.63, 3.8) is 0 Å². The second-order valence-electron chi connectivity index (χ2n) is 3.37. The fraction of sp³-hybridized carbons (Fsp3) is 0.800. The largest absolute Gasteiger partial charge is 0.340 e. The van der Waals surface area contributed by atoms with Crippen LogP contribution in [0.25, 0.3) is 0 Å². The van der Waals surface area contributed by atoms with Crippen molar-refractivity contribution >= 4 is 5.91 Å². The van der Waals surface area contributed by atoms with E-state index in [9.17, 15) is 4.79 Å². The number of amides is 1. The minimum atomic E-state index is -0.323. The number of hydrogen-bond acceptors (Lipinski definition) is 2. The molecule has 0 aliphatic carbocycles. The second-order valence-corrected chi connectivity index (χ2v) is 3.37. The molecule has 2 unspecified atom stereocenters. The van der Waals surface area contributed by atoms with Crippen molar-refractivity contribution in [3.05, 3.63) is 0 Å². The molecule has 0 aromatic carbocycles. The number of hydrogen-bond donors (Lipinski definition) is 1. The molecule has 0 radical (unpaired) electrons. The van der Waals surface area contributed by atoms with Crippen LogP contribution in [-0.2, 0) is 4.79 Å². The standard InChI is InChI=1S/C10H18N2O/c1-4-8(3)6-10(13)12-9(5-2)7-11/h8-9H,4-6H2,1-3H3,(H,12,13). The van der Waals surface area contributed by atoms with E-state index >= 15 is 0 Å². The smallest absolute Gasteiger partial charge is 0.221 e. The van der Waals surface area contributed by atoms with Crippen LogP contribution in [0.15, 0.2) is 0 Å². The van der Waals surface area contributed by atoms with E-state index in [1.807, 2.05) is 19.9 Å². The summed E-state index contributed by atoms with van der Waals surface area (Å²) in [6.45, 7) is 5.98. The summed E-state index contributed by atoms with van der Waals surface area (Å²) in [5, 5.41) is 11.3. The van der Waals surface area contributed by atoms with Gasteiger partial charge in [0, 0.05) is 6.42 Å². The maximum Gasteiger partial charge on any atom is 0.221 e. The van der Waals surface area contributed by atoms with Crippen LogP contribution in [0, 0.1) is 17.2 Å². The van der Waals surface area contributed by atoms with E-state index in [-0.39, 0.29) is 11.9 Å².